The van der Waals surface area contributed by atoms with Crippen LogP contribution in [0.25, 0.3) is 22.9 Å². The molecule has 0 amide bonds. The van der Waals surface area contributed by atoms with Crippen LogP contribution < -0.4 is 18.9 Å². The Morgan fingerprint density at radius 3 is 2.48 bits per heavy atom. The number of methoxy groups -OCH3 is 1. The summed E-state index contributed by atoms with van der Waals surface area (Å²) in [5.74, 6) is 0.239. The maximum atomic E-state index is 13.4. The van der Waals surface area contributed by atoms with E-state index in [1.807, 2.05) is 6.92 Å². The average Bonchev–Trinajstić information content (AvgIpc) is 3.50. The lowest BCUT2D eigenvalue weighted by Gasteiger charge is -2.17. The molecule has 200 valence electrons. The summed E-state index contributed by atoms with van der Waals surface area (Å²) < 4.78 is 46.0. The Kier molecular flexibility index (Phi) is 7.20. The zero-order valence-electron chi connectivity index (χ0n) is 21.1. The molecule has 0 bridgehead atoms. The van der Waals surface area contributed by atoms with E-state index in [4.69, 9.17) is 20.6 Å². The number of anilines is 1. The lowest BCUT2D eigenvalue weighted by atomic mass is 10.2. The molecule has 2 aromatic carbocycles. The van der Waals surface area contributed by atoms with Gasteiger partial charge in [-0.1, -0.05) is 36.3 Å². The molecule has 13 nitrogen and oxygen atoms in total. The van der Waals surface area contributed by atoms with Crippen LogP contribution in [0.3, 0.4) is 0 Å². The molecule has 0 spiro atoms. The average molecular weight is 557 g/mol. The van der Waals surface area contributed by atoms with Crippen LogP contribution in [0.4, 0.5) is 5.82 Å². The number of nitrogens with zero attached hydrogens (tertiary/aromatic N) is 6. The minimum Gasteiger partial charge on any atom is -0.493 e. The molecule has 0 aliphatic carbocycles. The normalized spacial score (nSPS) is 10.9. The molecule has 0 fully saturated rings. The van der Waals surface area contributed by atoms with Gasteiger partial charge in [0.25, 0.3) is 15.9 Å². The molecule has 3 heterocycles. The van der Waals surface area contributed by atoms with Crippen molar-refractivity contribution in [2.75, 3.05) is 11.8 Å². The standard InChI is InChI=1S/C26H20N8O5S/c1-4-38-26-22(39-21-8-6-5-7-20(21)37-3)25(32-40(35,36)18-11-9-16(2)10-12-18)28-23(29-26)17-13-14-27-19(15-17)24-30-33-34-31-24/h1,5-15H,2-3H3,(H,28,29,32)(H,30,31,33,34). The number of H-pyrrole nitrogens is 1. The van der Waals surface area contributed by atoms with Crippen molar-refractivity contribution in [2.24, 2.45) is 0 Å². The Morgan fingerprint density at radius 2 is 1.77 bits per heavy atom. The number of rotatable bonds is 9. The molecular weight excluding hydrogens is 536 g/mol. The molecule has 3 aromatic heterocycles. The van der Waals surface area contributed by atoms with Crippen molar-refractivity contribution in [1.82, 2.24) is 35.6 Å². The second-order valence-corrected chi connectivity index (χ2v) is 9.77. The number of benzene rings is 2. The highest BCUT2D eigenvalue weighted by Crippen LogP contribution is 2.41. The fourth-order valence-electron chi connectivity index (χ4n) is 3.52. The number of aryl methyl sites for hydroxylation is 1. The number of aromatic nitrogens is 7. The highest BCUT2D eigenvalue weighted by atomic mass is 32.2. The van der Waals surface area contributed by atoms with E-state index in [0.717, 1.165) is 5.56 Å². The van der Waals surface area contributed by atoms with Crippen LogP contribution in [0.15, 0.2) is 71.8 Å². The van der Waals surface area contributed by atoms with Gasteiger partial charge in [0.15, 0.2) is 23.1 Å². The summed E-state index contributed by atoms with van der Waals surface area (Å²) in [6.45, 7) is 1.85. The molecule has 0 radical (unpaired) electrons. The molecule has 0 saturated heterocycles. The Labute approximate surface area is 228 Å². The van der Waals surface area contributed by atoms with Gasteiger partial charge >= 0.3 is 0 Å². The van der Waals surface area contributed by atoms with E-state index < -0.39 is 10.0 Å². The highest BCUT2D eigenvalue weighted by molar-refractivity contribution is 7.92. The van der Waals surface area contributed by atoms with Crippen molar-refractivity contribution < 1.29 is 22.6 Å². The van der Waals surface area contributed by atoms with Gasteiger partial charge in [0.05, 0.1) is 12.0 Å². The summed E-state index contributed by atoms with van der Waals surface area (Å²) >= 11 is 0. The predicted octanol–water partition coefficient (Wildman–Crippen LogP) is 3.60. The number of nitrogens with one attached hydrogen (secondary N) is 2. The number of pyridine rings is 1. The van der Waals surface area contributed by atoms with Gasteiger partial charge in [-0.2, -0.15) is 10.2 Å². The smallest absolute Gasteiger partial charge is 0.279 e. The van der Waals surface area contributed by atoms with Gasteiger partial charge in [-0.15, -0.1) is 10.2 Å². The fourth-order valence-corrected chi connectivity index (χ4v) is 4.53. The van der Waals surface area contributed by atoms with Crippen molar-refractivity contribution >= 4 is 15.8 Å². The third-order valence-corrected chi connectivity index (χ3v) is 6.78. The van der Waals surface area contributed by atoms with Crippen LogP contribution in [-0.2, 0) is 10.0 Å². The third-order valence-electron chi connectivity index (χ3n) is 5.43. The first-order valence-electron chi connectivity index (χ1n) is 11.5. The van der Waals surface area contributed by atoms with Crippen LogP contribution in [0.5, 0.6) is 23.1 Å². The summed E-state index contributed by atoms with van der Waals surface area (Å²) in [5, 5.41) is 13.8. The molecule has 2 N–H and O–H groups in total. The Bertz CT molecular complexity index is 1800. The summed E-state index contributed by atoms with van der Waals surface area (Å²) in [6, 6.07) is 16.2. The zero-order chi connectivity index (χ0) is 28.1. The van der Waals surface area contributed by atoms with Gasteiger partial charge in [0, 0.05) is 11.8 Å². The topological polar surface area (TPSA) is 167 Å². The molecule has 0 aliphatic rings. The summed E-state index contributed by atoms with van der Waals surface area (Å²) in [6.07, 6.45) is 8.99. The largest absolute Gasteiger partial charge is 0.493 e. The van der Waals surface area contributed by atoms with E-state index in [0.29, 0.717) is 17.0 Å². The highest BCUT2D eigenvalue weighted by Gasteiger charge is 2.25. The Morgan fingerprint density at radius 1 is 1.00 bits per heavy atom. The van der Waals surface area contributed by atoms with Crippen molar-refractivity contribution in [3.05, 3.63) is 72.4 Å². The Hall–Kier alpha value is -5.55. The summed E-state index contributed by atoms with van der Waals surface area (Å²) in [5.41, 5.74) is 1.69. The van der Waals surface area contributed by atoms with Crippen molar-refractivity contribution in [3.8, 4) is 58.6 Å². The first kappa shape index (κ1) is 26.1. The number of hydrogen-bond donors (Lipinski definition) is 2. The van der Waals surface area contributed by atoms with E-state index in [2.05, 4.69) is 46.4 Å². The monoisotopic (exact) mass is 556 g/mol. The van der Waals surface area contributed by atoms with Crippen molar-refractivity contribution in [3.63, 3.8) is 0 Å². The van der Waals surface area contributed by atoms with Crippen LogP contribution >= 0.6 is 0 Å². The van der Waals surface area contributed by atoms with Gasteiger partial charge in [-0.3, -0.25) is 9.71 Å². The summed E-state index contributed by atoms with van der Waals surface area (Å²) in [4.78, 5) is 13.1. The number of terminal acetylenes is 1. The van der Waals surface area contributed by atoms with Gasteiger partial charge in [0.2, 0.25) is 11.6 Å². The third kappa shape index (κ3) is 5.49. The SMILES string of the molecule is C#COc1nc(-c2ccnc(-c3nn[nH]n3)c2)nc(NS(=O)(=O)c2ccc(C)cc2)c1Oc1ccccc1OC. The molecular formula is C26H20N8O5S. The molecule has 40 heavy (non-hydrogen) atoms. The number of tetrazole rings is 1. The first-order chi connectivity index (χ1) is 19.4. The van der Waals surface area contributed by atoms with Crippen molar-refractivity contribution in [2.45, 2.75) is 11.8 Å². The molecule has 5 rings (SSSR count). The summed E-state index contributed by atoms with van der Waals surface area (Å²) in [7, 11) is -2.67. The van der Waals surface area contributed by atoms with E-state index in [1.165, 1.54) is 25.4 Å². The van der Waals surface area contributed by atoms with Gasteiger partial charge in [0.1, 0.15) is 11.8 Å². The Balaban J connectivity index is 1.67. The molecule has 0 atom stereocenters. The molecule has 0 unspecified atom stereocenters. The zero-order valence-corrected chi connectivity index (χ0v) is 21.9. The van der Waals surface area contributed by atoms with Crippen LogP contribution in [0.2, 0.25) is 0 Å². The van der Waals surface area contributed by atoms with E-state index in [1.54, 1.807) is 48.5 Å². The second kappa shape index (κ2) is 11.1. The van der Waals surface area contributed by atoms with Gasteiger partial charge < -0.3 is 14.2 Å². The molecule has 0 aliphatic heterocycles. The van der Waals surface area contributed by atoms with Crippen LogP contribution in [0, 0.1) is 19.5 Å². The van der Waals surface area contributed by atoms with Crippen LogP contribution in [-0.4, -0.2) is 51.1 Å². The van der Waals surface area contributed by atoms with E-state index >= 15 is 0 Å². The van der Waals surface area contributed by atoms with Crippen molar-refractivity contribution in [1.29, 1.82) is 0 Å². The lowest BCUT2D eigenvalue weighted by molar-refractivity contribution is 0.368. The minimum absolute atomic E-state index is 0.00391. The number of sulfonamides is 1. The number of aromatic amines is 1. The molecule has 0 saturated carbocycles. The van der Waals surface area contributed by atoms with Gasteiger partial charge in [-0.25, -0.2) is 13.4 Å². The predicted molar refractivity (Wildman–Crippen MR) is 143 cm³/mol. The number of ether oxygens (including phenoxy) is 3. The van der Waals surface area contributed by atoms with E-state index in [-0.39, 0.29) is 39.7 Å². The van der Waals surface area contributed by atoms with Gasteiger partial charge in [-0.05, 0) is 48.5 Å². The maximum Gasteiger partial charge on any atom is 0.279 e. The molecule has 5 aromatic rings. The quantitative estimate of drug-likeness (QED) is 0.255. The van der Waals surface area contributed by atoms with Crippen LogP contribution in [0.1, 0.15) is 5.56 Å². The number of hydrogen-bond acceptors (Lipinski definition) is 11. The minimum atomic E-state index is -4.14. The fraction of sp³-hybridized carbons (Fsp3) is 0.0769. The first-order valence-corrected chi connectivity index (χ1v) is 13.0. The maximum absolute atomic E-state index is 13.4. The number of para-hydroxylation sites is 2. The molecule has 14 heteroatoms. The van der Waals surface area contributed by atoms with E-state index in [9.17, 15) is 8.42 Å². The second-order valence-electron chi connectivity index (χ2n) is 8.09. The lowest BCUT2D eigenvalue weighted by Crippen LogP contribution is -2.16.